The molecule has 2 aromatic rings. The number of aryl methyl sites for hydroxylation is 1. The topological polar surface area (TPSA) is 70.2 Å². The van der Waals surface area contributed by atoms with Gasteiger partial charge in [0.1, 0.15) is 0 Å². The summed E-state index contributed by atoms with van der Waals surface area (Å²) in [4.78, 5) is 15.0. The second-order valence-electron chi connectivity index (χ2n) is 7.51. The lowest BCUT2D eigenvalue weighted by Crippen LogP contribution is -2.34. The molecule has 6 heteroatoms. The van der Waals surface area contributed by atoms with E-state index in [-0.39, 0.29) is 11.8 Å². The largest absolute Gasteiger partial charge is 0.317 e. The zero-order valence-corrected chi connectivity index (χ0v) is 15.8. The van der Waals surface area contributed by atoms with Gasteiger partial charge in [0, 0.05) is 6.54 Å². The van der Waals surface area contributed by atoms with Crippen LogP contribution in [0.1, 0.15) is 36.4 Å². The van der Waals surface area contributed by atoms with E-state index in [9.17, 15) is 4.79 Å². The lowest BCUT2D eigenvalue weighted by Gasteiger charge is -2.26. The maximum Gasteiger partial charge on any atom is 0.237 e. The average Bonchev–Trinajstić information content (AvgIpc) is 3.26. The number of hydrogen-bond donors (Lipinski definition) is 2. The Kier molecular flexibility index (Phi) is 5.45. The van der Waals surface area contributed by atoms with Crippen molar-refractivity contribution in [2.45, 2.75) is 32.1 Å². The molecule has 0 unspecified atom stereocenters. The Balaban J connectivity index is 1.63. The average molecular weight is 365 g/mol. The van der Waals surface area contributed by atoms with E-state index < -0.39 is 0 Å². The normalized spacial score (nSPS) is 20.6. The molecular weight excluding hydrogens is 338 g/mol. The summed E-state index contributed by atoms with van der Waals surface area (Å²) < 4.78 is 0. The van der Waals surface area contributed by atoms with Gasteiger partial charge in [-0.15, -0.1) is 5.10 Å². The number of carbonyl (C=O) groups excluding carboxylic acids is 1. The molecule has 0 spiro atoms. The number of hydrogen-bond acceptors (Lipinski definition) is 5. The number of amides is 1. The summed E-state index contributed by atoms with van der Waals surface area (Å²) in [6.07, 6.45) is 3.19. The number of anilines is 2. The minimum Gasteiger partial charge on any atom is -0.317 e. The number of carbonyl (C=O) groups is 1. The molecule has 3 heterocycles. The number of aromatic nitrogens is 2. The van der Waals surface area contributed by atoms with Crippen LogP contribution in [0.25, 0.3) is 0 Å². The Labute approximate surface area is 160 Å². The summed E-state index contributed by atoms with van der Waals surface area (Å²) in [5, 5.41) is 15.1. The fourth-order valence-electron chi connectivity index (χ4n) is 3.98. The minimum absolute atomic E-state index is 0.0165. The fraction of sp³-hybridized carbons (Fsp3) is 0.476. The van der Waals surface area contributed by atoms with Crippen LogP contribution in [0.15, 0.2) is 36.4 Å². The van der Waals surface area contributed by atoms with Crippen LogP contribution < -0.4 is 15.5 Å². The number of nitrogens with zero attached hydrogens (tertiary/aromatic N) is 3. The van der Waals surface area contributed by atoms with Gasteiger partial charge in [-0.3, -0.25) is 9.69 Å². The molecule has 2 N–H and O–H groups in total. The van der Waals surface area contributed by atoms with Gasteiger partial charge in [-0.05, 0) is 81.6 Å². The van der Waals surface area contributed by atoms with E-state index in [0.717, 1.165) is 44.0 Å². The summed E-state index contributed by atoms with van der Waals surface area (Å²) in [5.41, 5.74) is 3.06. The molecule has 1 aromatic heterocycles. The van der Waals surface area contributed by atoms with E-state index in [1.165, 1.54) is 18.4 Å². The molecule has 0 saturated carbocycles. The first kappa shape index (κ1) is 18.1. The molecule has 0 aliphatic carbocycles. The van der Waals surface area contributed by atoms with Gasteiger partial charge < -0.3 is 10.6 Å². The van der Waals surface area contributed by atoms with Crippen molar-refractivity contribution in [1.29, 1.82) is 0 Å². The van der Waals surface area contributed by atoms with Crippen LogP contribution in [0, 0.1) is 12.8 Å². The van der Waals surface area contributed by atoms with Gasteiger partial charge >= 0.3 is 0 Å². The van der Waals surface area contributed by atoms with Crippen LogP contribution in [0.4, 0.5) is 11.5 Å². The Morgan fingerprint density at radius 1 is 0.963 bits per heavy atom. The summed E-state index contributed by atoms with van der Waals surface area (Å²) >= 11 is 0. The van der Waals surface area contributed by atoms with Gasteiger partial charge in [-0.2, -0.15) is 5.10 Å². The molecule has 2 saturated heterocycles. The van der Waals surface area contributed by atoms with Crippen LogP contribution in [0.2, 0.25) is 0 Å². The van der Waals surface area contributed by atoms with Crippen LogP contribution in [0.3, 0.4) is 0 Å². The molecule has 142 valence electrons. The number of nitrogens with one attached hydrogen (secondary N) is 2. The first-order valence-corrected chi connectivity index (χ1v) is 9.88. The van der Waals surface area contributed by atoms with E-state index in [4.69, 9.17) is 0 Å². The highest BCUT2D eigenvalue weighted by Gasteiger charge is 2.30. The highest BCUT2D eigenvalue weighted by Crippen LogP contribution is 2.31. The monoisotopic (exact) mass is 365 g/mol. The molecule has 1 aromatic carbocycles. The van der Waals surface area contributed by atoms with Crippen molar-refractivity contribution in [2.75, 3.05) is 31.1 Å². The van der Waals surface area contributed by atoms with Crippen molar-refractivity contribution >= 4 is 17.4 Å². The third kappa shape index (κ3) is 4.01. The molecule has 2 aliphatic heterocycles. The fourth-order valence-corrected chi connectivity index (χ4v) is 3.98. The SMILES string of the molecule is Cc1ccc(N(C(=O)[C@H]2CCNC2)c2ccc(C3CCNCC3)cc2)nn1. The Bertz CT molecular complexity index is 762. The van der Waals surface area contributed by atoms with E-state index in [1.807, 2.05) is 19.1 Å². The number of rotatable bonds is 4. The highest BCUT2D eigenvalue weighted by molar-refractivity contribution is 6.01. The van der Waals surface area contributed by atoms with Gasteiger partial charge in [0.2, 0.25) is 5.91 Å². The Hall–Kier alpha value is -2.31. The zero-order chi connectivity index (χ0) is 18.6. The van der Waals surface area contributed by atoms with Crippen molar-refractivity contribution in [3.63, 3.8) is 0 Å². The van der Waals surface area contributed by atoms with Crippen LogP contribution >= 0.6 is 0 Å². The van der Waals surface area contributed by atoms with Crippen LogP contribution in [-0.2, 0) is 4.79 Å². The van der Waals surface area contributed by atoms with Gasteiger partial charge in [-0.25, -0.2) is 0 Å². The maximum absolute atomic E-state index is 13.2. The first-order chi connectivity index (χ1) is 13.2. The molecule has 4 rings (SSSR count). The second kappa shape index (κ2) is 8.15. The number of piperidine rings is 1. The predicted octanol–water partition coefficient (Wildman–Crippen LogP) is 2.53. The number of benzene rings is 1. The lowest BCUT2D eigenvalue weighted by molar-refractivity contribution is -0.121. The molecule has 0 bridgehead atoms. The van der Waals surface area contributed by atoms with Crippen LogP contribution in [0.5, 0.6) is 0 Å². The van der Waals surface area contributed by atoms with Gasteiger partial charge in [0.25, 0.3) is 0 Å². The van der Waals surface area contributed by atoms with Gasteiger partial charge in [0.05, 0.1) is 17.3 Å². The van der Waals surface area contributed by atoms with Crippen molar-refractivity contribution < 1.29 is 4.79 Å². The summed E-state index contributed by atoms with van der Waals surface area (Å²) in [6, 6.07) is 12.2. The Morgan fingerprint density at radius 2 is 1.70 bits per heavy atom. The minimum atomic E-state index is -0.0165. The maximum atomic E-state index is 13.2. The molecule has 1 atom stereocenters. The standard InChI is InChI=1S/C21H27N5O/c1-15-2-7-20(25-24-15)26(21(27)18-10-13-23-14-18)19-5-3-16(4-6-19)17-8-11-22-12-9-17/h2-7,17-18,22-23H,8-14H2,1H3/t18-/m0/s1. The third-order valence-corrected chi connectivity index (χ3v) is 5.60. The van der Waals surface area contributed by atoms with Crippen molar-refractivity contribution in [3.8, 4) is 0 Å². The predicted molar refractivity (Wildman–Crippen MR) is 106 cm³/mol. The van der Waals surface area contributed by atoms with Gasteiger partial charge in [-0.1, -0.05) is 12.1 Å². The first-order valence-electron chi connectivity index (χ1n) is 9.88. The van der Waals surface area contributed by atoms with Crippen molar-refractivity contribution in [2.24, 2.45) is 5.92 Å². The van der Waals surface area contributed by atoms with Crippen molar-refractivity contribution in [3.05, 3.63) is 47.7 Å². The molecule has 2 aliphatic rings. The molecule has 1 amide bonds. The third-order valence-electron chi connectivity index (χ3n) is 5.60. The van der Waals surface area contributed by atoms with E-state index in [1.54, 1.807) is 4.90 Å². The molecule has 6 nitrogen and oxygen atoms in total. The van der Waals surface area contributed by atoms with Gasteiger partial charge in [0.15, 0.2) is 5.82 Å². The molecule has 0 radical (unpaired) electrons. The van der Waals surface area contributed by atoms with Crippen molar-refractivity contribution in [1.82, 2.24) is 20.8 Å². The van der Waals surface area contributed by atoms with E-state index >= 15 is 0 Å². The molecular formula is C21H27N5O. The quantitative estimate of drug-likeness (QED) is 0.871. The summed E-state index contributed by atoms with van der Waals surface area (Å²) in [6.45, 7) is 5.66. The summed E-state index contributed by atoms with van der Waals surface area (Å²) in [5.74, 6) is 1.26. The van der Waals surface area contributed by atoms with E-state index in [0.29, 0.717) is 11.7 Å². The van der Waals surface area contributed by atoms with E-state index in [2.05, 4.69) is 45.1 Å². The lowest BCUT2D eigenvalue weighted by atomic mass is 9.90. The molecule has 27 heavy (non-hydrogen) atoms. The smallest absolute Gasteiger partial charge is 0.237 e. The highest BCUT2D eigenvalue weighted by atomic mass is 16.2. The van der Waals surface area contributed by atoms with Crippen LogP contribution in [-0.4, -0.2) is 42.3 Å². The Morgan fingerprint density at radius 3 is 2.33 bits per heavy atom. The summed E-state index contributed by atoms with van der Waals surface area (Å²) in [7, 11) is 0. The molecule has 2 fully saturated rings. The zero-order valence-electron chi connectivity index (χ0n) is 15.8. The second-order valence-corrected chi connectivity index (χ2v) is 7.51.